The maximum atomic E-state index is 11.0. The predicted octanol–water partition coefficient (Wildman–Crippen LogP) is 1.46. The summed E-state index contributed by atoms with van der Waals surface area (Å²) in [6.45, 7) is 3.00. The van der Waals surface area contributed by atoms with E-state index in [2.05, 4.69) is 21.8 Å². The second kappa shape index (κ2) is 5.78. The van der Waals surface area contributed by atoms with E-state index in [9.17, 15) is 4.21 Å². The molecule has 1 aromatic rings. The summed E-state index contributed by atoms with van der Waals surface area (Å²) in [7, 11) is -0.686. The van der Waals surface area contributed by atoms with Gasteiger partial charge in [0, 0.05) is 47.6 Å². The minimum atomic E-state index is -0.686. The molecule has 1 aromatic heterocycles. The van der Waals surface area contributed by atoms with E-state index in [1.807, 2.05) is 12.5 Å². The summed E-state index contributed by atoms with van der Waals surface area (Å²) in [5, 5.41) is 3.47. The number of rotatable bonds is 7. The molecule has 0 bridgehead atoms. The smallest absolute Gasteiger partial charge is 0.0951 e. The fourth-order valence-corrected chi connectivity index (χ4v) is 2.56. The second-order valence-corrected chi connectivity index (χ2v) is 6.43. The van der Waals surface area contributed by atoms with Crippen LogP contribution in [-0.2, 0) is 17.3 Å². The first-order valence-electron chi connectivity index (χ1n) is 6.21. The quantitative estimate of drug-likeness (QED) is 0.802. The molecule has 1 saturated carbocycles. The van der Waals surface area contributed by atoms with Crippen molar-refractivity contribution in [2.45, 2.75) is 44.8 Å². The molecule has 1 fully saturated rings. The van der Waals surface area contributed by atoms with Crippen molar-refractivity contribution in [3.05, 3.63) is 18.2 Å². The Bertz CT molecular complexity index is 387. The zero-order valence-corrected chi connectivity index (χ0v) is 11.4. The van der Waals surface area contributed by atoms with Crippen LogP contribution in [0.4, 0.5) is 0 Å². The van der Waals surface area contributed by atoms with Crippen LogP contribution in [0.2, 0.25) is 0 Å². The van der Waals surface area contributed by atoms with Crippen LogP contribution in [0.1, 0.15) is 37.9 Å². The summed E-state index contributed by atoms with van der Waals surface area (Å²) in [5.74, 6) is 0.774. The van der Waals surface area contributed by atoms with Gasteiger partial charge in [-0.05, 0) is 26.2 Å². The highest BCUT2D eigenvalue weighted by atomic mass is 32.2. The monoisotopic (exact) mass is 255 g/mol. The minimum absolute atomic E-state index is 0.404. The van der Waals surface area contributed by atoms with Gasteiger partial charge in [-0.25, -0.2) is 4.98 Å². The molecule has 0 radical (unpaired) electrons. The van der Waals surface area contributed by atoms with Crippen molar-refractivity contribution in [1.29, 1.82) is 0 Å². The van der Waals surface area contributed by atoms with Crippen LogP contribution in [-0.4, -0.2) is 31.8 Å². The van der Waals surface area contributed by atoms with Gasteiger partial charge in [0.15, 0.2) is 0 Å². The summed E-state index contributed by atoms with van der Waals surface area (Å²) in [6, 6.07) is 1.09. The van der Waals surface area contributed by atoms with Crippen LogP contribution >= 0.6 is 0 Å². The van der Waals surface area contributed by atoms with Gasteiger partial charge in [0.1, 0.15) is 0 Å². The molecule has 1 aliphatic rings. The molecule has 0 saturated heterocycles. The van der Waals surface area contributed by atoms with Gasteiger partial charge in [0.25, 0.3) is 0 Å². The average Bonchev–Trinajstić information content (AvgIpc) is 3.03. The number of nitrogens with zero attached hydrogens (tertiary/aromatic N) is 2. The molecule has 2 atom stereocenters. The molecular formula is C12H21N3OS. The molecule has 5 heteroatoms. The molecule has 2 unspecified atom stereocenters. The Morgan fingerprint density at radius 2 is 2.41 bits per heavy atom. The van der Waals surface area contributed by atoms with Crippen molar-refractivity contribution in [1.82, 2.24) is 14.9 Å². The Morgan fingerprint density at radius 1 is 1.65 bits per heavy atom. The third kappa shape index (κ3) is 3.92. The minimum Gasteiger partial charge on any atom is -0.330 e. The van der Waals surface area contributed by atoms with Crippen molar-refractivity contribution in [3.8, 4) is 0 Å². The summed E-state index contributed by atoms with van der Waals surface area (Å²) < 4.78 is 13.3. The van der Waals surface area contributed by atoms with Crippen molar-refractivity contribution in [3.63, 3.8) is 0 Å². The fraction of sp³-hybridized carbons (Fsp3) is 0.750. The molecule has 1 heterocycles. The fourth-order valence-electron chi connectivity index (χ4n) is 1.87. The van der Waals surface area contributed by atoms with E-state index in [-0.39, 0.29) is 0 Å². The standard InChI is InChI=1S/C12H21N3OS/c1-10(5-6-17(2)16)14-8-12-7-13-9-15(12)11-3-4-11/h7,9-11,14H,3-6,8H2,1-2H3. The SMILES string of the molecule is CC(CCS(C)=O)NCc1cncn1C1CC1. The normalized spacial score (nSPS) is 19.2. The van der Waals surface area contributed by atoms with E-state index in [0.29, 0.717) is 12.1 Å². The van der Waals surface area contributed by atoms with Crippen molar-refractivity contribution in [2.75, 3.05) is 12.0 Å². The maximum absolute atomic E-state index is 11.0. The van der Waals surface area contributed by atoms with Crippen molar-refractivity contribution < 1.29 is 4.21 Å². The number of aromatic nitrogens is 2. The van der Waals surface area contributed by atoms with Crippen LogP contribution in [0.5, 0.6) is 0 Å². The van der Waals surface area contributed by atoms with Gasteiger partial charge in [0.2, 0.25) is 0 Å². The number of hydrogen-bond donors (Lipinski definition) is 1. The Hall–Kier alpha value is -0.680. The lowest BCUT2D eigenvalue weighted by molar-refractivity contribution is 0.516. The van der Waals surface area contributed by atoms with Crippen LogP contribution < -0.4 is 5.32 Å². The molecule has 0 aliphatic heterocycles. The first kappa shape index (κ1) is 12.8. The van der Waals surface area contributed by atoms with E-state index in [4.69, 9.17) is 0 Å². The number of hydrogen-bond acceptors (Lipinski definition) is 3. The molecule has 1 N–H and O–H groups in total. The predicted molar refractivity (Wildman–Crippen MR) is 70.4 cm³/mol. The van der Waals surface area contributed by atoms with Crippen molar-refractivity contribution >= 4 is 10.8 Å². The van der Waals surface area contributed by atoms with Crippen LogP contribution in [0.3, 0.4) is 0 Å². The molecule has 0 amide bonds. The lowest BCUT2D eigenvalue weighted by Crippen LogP contribution is -2.27. The highest BCUT2D eigenvalue weighted by Crippen LogP contribution is 2.35. The van der Waals surface area contributed by atoms with E-state index >= 15 is 0 Å². The highest BCUT2D eigenvalue weighted by molar-refractivity contribution is 7.84. The molecular weight excluding hydrogens is 234 g/mol. The number of nitrogens with one attached hydrogen (secondary N) is 1. The van der Waals surface area contributed by atoms with Crippen LogP contribution in [0.25, 0.3) is 0 Å². The first-order chi connectivity index (χ1) is 8.16. The zero-order chi connectivity index (χ0) is 12.3. The van der Waals surface area contributed by atoms with Gasteiger partial charge in [-0.15, -0.1) is 0 Å². The molecule has 17 heavy (non-hydrogen) atoms. The van der Waals surface area contributed by atoms with E-state index in [1.165, 1.54) is 18.5 Å². The van der Waals surface area contributed by atoms with Crippen LogP contribution in [0.15, 0.2) is 12.5 Å². The zero-order valence-electron chi connectivity index (χ0n) is 10.6. The van der Waals surface area contributed by atoms with Gasteiger partial charge >= 0.3 is 0 Å². The van der Waals surface area contributed by atoms with Gasteiger partial charge in [-0.1, -0.05) is 0 Å². The molecule has 0 spiro atoms. The summed E-state index contributed by atoms with van der Waals surface area (Å²) in [6.07, 6.45) is 9.16. The molecule has 2 rings (SSSR count). The highest BCUT2D eigenvalue weighted by Gasteiger charge is 2.25. The number of imidazole rings is 1. The second-order valence-electron chi connectivity index (χ2n) is 4.87. The van der Waals surface area contributed by atoms with E-state index in [1.54, 1.807) is 6.26 Å². The van der Waals surface area contributed by atoms with Gasteiger partial charge in [0.05, 0.1) is 12.0 Å². The molecule has 4 nitrogen and oxygen atoms in total. The van der Waals surface area contributed by atoms with Gasteiger partial charge in [-0.3, -0.25) is 4.21 Å². The third-order valence-corrected chi connectivity index (χ3v) is 3.97. The largest absolute Gasteiger partial charge is 0.330 e. The van der Waals surface area contributed by atoms with Crippen LogP contribution in [0, 0.1) is 0 Å². The first-order valence-corrected chi connectivity index (χ1v) is 7.93. The molecule has 0 aromatic carbocycles. The molecule has 1 aliphatic carbocycles. The maximum Gasteiger partial charge on any atom is 0.0951 e. The topological polar surface area (TPSA) is 46.9 Å². The lowest BCUT2D eigenvalue weighted by atomic mass is 10.2. The third-order valence-electron chi connectivity index (χ3n) is 3.16. The van der Waals surface area contributed by atoms with E-state index < -0.39 is 10.8 Å². The van der Waals surface area contributed by atoms with E-state index in [0.717, 1.165) is 18.7 Å². The summed E-state index contributed by atoms with van der Waals surface area (Å²) in [5.41, 5.74) is 1.26. The lowest BCUT2D eigenvalue weighted by Gasteiger charge is -2.14. The Balaban J connectivity index is 1.76. The summed E-state index contributed by atoms with van der Waals surface area (Å²) in [4.78, 5) is 4.21. The Morgan fingerprint density at radius 3 is 3.06 bits per heavy atom. The van der Waals surface area contributed by atoms with Gasteiger partial charge < -0.3 is 9.88 Å². The van der Waals surface area contributed by atoms with Crippen molar-refractivity contribution in [2.24, 2.45) is 0 Å². The Labute approximate surface area is 105 Å². The average molecular weight is 255 g/mol. The Kier molecular flexibility index (Phi) is 4.34. The summed E-state index contributed by atoms with van der Waals surface area (Å²) >= 11 is 0. The molecule has 96 valence electrons. The van der Waals surface area contributed by atoms with Gasteiger partial charge in [-0.2, -0.15) is 0 Å².